The number of nitrogens with zero attached hydrogens (tertiary/aromatic N) is 1. The first-order valence-corrected chi connectivity index (χ1v) is 6.74. The molecular formula is C12H21N3OS. The van der Waals surface area contributed by atoms with Crippen molar-refractivity contribution in [3.05, 3.63) is 16.6 Å². The molecule has 17 heavy (non-hydrogen) atoms. The summed E-state index contributed by atoms with van der Waals surface area (Å²) in [5, 5.41) is 9.15. The molecule has 1 amide bonds. The second-order valence-electron chi connectivity index (χ2n) is 5.01. The summed E-state index contributed by atoms with van der Waals surface area (Å²) in [6.45, 7) is 8.34. The molecule has 0 radical (unpaired) electrons. The Morgan fingerprint density at radius 3 is 2.71 bits per heavy atom. The fourth-order valence-electron chi connectivity index (χ4n) is 1.49. The first-order chi connectivity index (χ1) is 7.92. The molecule has 0 aliphatic rings. The van der Waals surface area contributed by atoms with E-state index in [0.29, 0.717) is 6.54 Å². The molecule has 1 aromatic heterocycles. The molecule has 0 spiro atoms. The number of carbonyl (C=O) groups is 1. The number of nitrogens with one attached hydrogen (secondary N) is 2. The lowest BCUT2D eigenvalue weighted by atomic mass is 10.1. The van der Waals surface area contributed by atoms with Crippen molar-refractivity contribution in [3.8, 4) is 0 Å². The van der Waals surface area contributed by atoms with Crippen molar-refractivity contribution in [2.24, 2.45) is 0 Å². The summed E-state index contributed by atoms with van der Waals surface area (Å²) in [4.78, 5) is 15.9. The van der Waals surface area contributed by atoms with Crippen LogP contribution in [0.15, 0.2) is 11.6 Å². The minimum Gasteiger partial charge on any atom is -0.350 e. The summed E-state index contributed by atoms with van der Waals surface area (Å²) in [6.07, 6.45) is 2.72. The van der Waals surface area contributed by atoms with Gasteiger partial charge in [0.15, 0.2) is 0 Å². The molecule has 5 heteroatoms. The second-order valence-corrected chi connectivity index (χ2v) is 5.94. The van der Waals surface area contributed by atoms with Crippen molar-refractivity contribution in [3.63, 3.8) is 0 Å². The Morgan fingerprint density at radius 2 is 2.24 bits per heavy atom. The van der Waals surface area contributed by atoms with Gasteiger partial charge in [0.25, 0.3) is 0 Å². The highest BCUT2D eigenvalue weighted by atomic mass is 32.1. The van der Waals surface area contributed by atoms with E-state index in [1.807, 2.05) is 26.2 Å². The molecule has 1 rings (SSSR count). The van der Waals surface area contributed by atoms with Crippen LogP contribution >= 0.6 is 11.3 Å². The molecule has 1 aromatic rings. The zero-order chi connectivity index (χ0) is 12.9. The minimum atomic E-state index is -0.179. The fourth-order valence-corrected chi connectivity index (χ4v) is 2.29. The van der Waals surface area contributed by atoms with Crippen LogP contribution in [0.3, 0.4) is 0 Å². The molecule has 2 N–H and O–H groups in total. The van der Waals surface area contributed by atoms with E-state index in [-0.39, 0.29) is 17.5 Å². The van der Waals surface area contributed by atoms with Gasteiger partial charge in [-0.1, -0.05) is 6.92 Å². The van der Waals surface area contributed by atoms with Crippen molar-refractivity contribution in [1.82, 2.24) is 15.6 Å². The van der Waals surface area contributed by atoms with Crippen LogP contribution in [0.4, 0.5) is 0 Å². The van der Waals surface area contributed by atoms with Crippen molar-refractivity contribution < 1.29 is 4.79 Å². The van der Waals surface area contributed by atoms with E-state index in [0.717, 1.165) is 11.4 Å². The van der Waals surface area contributed by atoms with Gasteiger partial charge in [-0.25, -0.2) is 4.98 Å². The number of aromatic nitrogens is 1. The summed E-state index contributed by atoms with van der Waals surface area (Å²) in [6, 6.07) is 0.167. The van der Waals surface area contributed by atoms with Crippen LogP contribution in [0.2, 0.25) is 0 Å². The highest BCUT2D eigenvalue weighted by molar-refractivity contribution is 7.09. The van der Waals surface area contributed by atoms with Crippen molar-refractivity contribution in [1.29, 1.82) is 0 Å². The Kier molecular flexibility index (Phi) is 5.08. The fraction of sp³-hybridized carbons (Fsp3) is 0.667. The number of hydrogen-bond donors (Lipinski definition) is 2. The first kappa shape index (κ1) is 14.1. The smallest absolute Gasteiger partial charge is 0.234 e. The zero-order valence-electron chi connectivity index (χ0n) is 10.9. The van der Waals surface area contributed by atoms with E-state index in [9.17, 15) is 4.79 Å². The second kappa shape index (κ2) is 6.12. The highest BCUT2D eigenvalue weighted by Gasteiger charge is 2.16. The number of carbonyl (C=O) groups excluding carboxylic acids is 1. The molecular weight excluding hydrogens is 234 g/mol. The molecule has 0 fully saturated rings. The van der Waals surface area contributed by atoms with Gasteiger partial charge in [0.1, 0.15) is 5.01 Å². The quantitative estimate of drug-likeness (QED) is 0.847. The molecule has 0 aromatic carbocycles. The minimum absolute atomic E-state index is 0.0208. The highest BCUT2D eigenvalue weighted by Crippen LogP contribution is 2.18. The van der Waals surface area contributed by atoms with Gasteiger partial charge in [0, 0.05) is 17.1 Å². The predicted molar refractivity (Wildman–Crippen MR) is 71.0 cm³/mol. The van der Waals surface area contributed by atoms with Crippen molar-refractivity contribution in [2.45, 2.75) is 45.7 Å². The van der Waals surface area contributed by atoms with Crippen molar-refractivity contribution in [2.75, 3.05) is 6.54 Å². The third-order valence-electron chi connectivity index (χ3n) is 2.18. The van der Waals surface area contributed by atoms with E-state index in [2.05, 4.69) is 22.5 Å². The molecule has 0 bridgehead atoms. The number of rotatable bonds is 5. The third kappa shape index (κ3) is 5.28. The van der Waals surface area contributed by atoms with E-state index in [1.54, 1.807) is 17.5 Å². The molecule has 0 saturated carbocycles. The summed E-state index contributed by atoms with van der Waals surface area (Å²) in [5.74, 6) is 0.0208. The monoisotopic (exact) mass is 255 g/mol. The lowest BCUT2D eigenvalue weighted by Crippen LogP contribution is -2.45. The molecule has 0 aliphatic heterocycles. The van der Waals surface area contributed by atoms with Crippen LogP contribution in [-0.2, 0) is 4.79 Å². The van der Waals surface area contributed by atoms with Gasteiger partial charge in [-0.2, -0.15) is 0 Å². The maximum Gasteiger partial charge on any atom is 0.234 e. The standard InChI is InChI=1S/C12H21N3OS/c1-5-9(11-13-6-7-17-11)14-8-10(16)15-12(2,3)4/h6-7,9,14H,5,8H2,1-4H3,(H,15,16). The van der Waals surface area contributed by atoms with Crippen LogP contribution in [-0.4, -0.2) is 23.0 Å². The van der Waals surface area contributed by atoms with Crippen LogP contribution in [0.5, 0.6) is 0 Å². The molecule has 4 nitrogen and oxygen atoms in total. The van der Waals surface area contributed by atoms with Crippen LogP contribution in [0.1, 0.15) is 45.2 Å². The van der Waals surface area contributed by atoms with Gasteiger partial charge < -0.3 is 5.32 Å². The van der Waals surface area contributed by atoms with Gasteiger partial charge in [-0.15, -0.1) is 11.3 Å². The molecule has 0 aliphatic carbocycles. The summed E-state index contributed by atoms with van der Waals surface area (Å²) < 4.78 is 0. The lowest BCUT2D eigenvalue weighted by molar-refractivity contribution is -0.121. The van der Waals surface area contributed by atoms with Gasteiger partial charge in [-0.05, 0) is 27.2 Å². The Bertz CT molecular complexity index is 343. The Hall–Kier alpha value is -0.940. The topological polar surface area (TPSA) is 54.0 Å². The van der Waals surface area contributed by atoms with E-state index in [1.165, 1.54) is 0 Å². The lowest BCUT2D eigenvalue weighted by Gasteiger charge is -2.21. The summed E-state index contributed by atoms with van der Waals surface area (Å²) in [7, 11) is 0. The Labute approximate surface area is 107 Å². The largest absolute Gasteiger partial charge is 0.350 e. The summed E-state index contributed by atoms with van der Waals surface area (Å²) >= 11 is 1.62. The summed E-state index contributed by atoms with van der Waals surface area (Å²) in [5.41, 5.74) is -0.179. The number of hydrogen-bond acceptors (Lipinski definition) is 4. The predicted octanol–water partition coefficient (Wildman–Crippen LogP) is 2.10. The average Bonchev–Trinajstić information content (AvgIpc) is 2.69. The van der Waals surface area contributed by atoms with Crippen LogP contribution < -0.4 is 10.6 Å². The third-order valence-corrected chi connectivity index (χ3v) is 3.07. The van der Waals surface area contributed by atoms with E-state index >= 15 is 0 Å². The molecule has 1 heterocycles. The van der Waals surface area contributed by atoms with Crippen LogP contribution in [0.25, 0.3) is 0 Å². The SMILES string of the molecule is CCC(NCC(=O)NC(C)(C)C)c1nccs1. The first-order valence-electron chi connectivity index (χ1n) is 5.86. The van der Waals surface area contributed by atoms with Gasteiger partial charge in [0.05, 0.1) is 12.6 Å². The normalized spacial score (nSPS) is 13.4. The van der Waals surface area contributed by atoms with Crippen LogP contribution in [0, 0.1) is 0 Å². The zero-order valence-corrected chi connectivity index (χ0v) is 11.7. The maximum absolute atomic E-state index is 11.7. The molecule has 0 saturated heterocycles. The van der Waals surface area contributed by atoms with Gasteiger partial charge >= 0.3 is 0 Å². The number of amides is 1. The van der Waals surface area contributed by atoms with Gasteiger partial charge in [0.2, 0.25) is 5.91 Å². The van der Waals surface area contributed by atoms with Crippen molar-refractivity contribution >= 4 is 17.2 Å². The Morgan fingerprint density at radius 1 is 1.53 bits per heavy atom. The Balaban J connectivity index is 2.41. The van der Waals surface area contributed by atoms with Gasteiger partial charge in [-0.3, -0.25) is 10.1 Å². The van der Waals surface area contributed by atoms with E-state index < -0.39 is 0 Å². The number of thiazole rings is 1. The average molecular weight is 255 g/mol. The molecule has 96 valence electrons. The van der Waals surface area contributed by atoms with E-state index in [4.69, 9.17) is 0 Å². The molecule has 1 atom stereocenters. The molecule has 1 unspecified atom stereocenters. The maximum atomic E-state index is 11.7.